The standard InChI is InChI=1S/C15H12F2OS/c1-11-7-9-13(10-8-11)19(18)15(17)14(16)12-5-3-2-4-6-12/h2-10H,1H3/b15-14-. The maximum atomic E-state index is 13.9. The highest BCUT2D eigenvalue weighted by molar-refractivity contribution is 7.89. The maximum Gasteiger partial charge on any atom is 0.227 e. The van der Waals surface area contributed by atoms with Gasteiger partial charge in [0.15, 0.2) is 5.83 Å². The molecular weight excluding hydrogens is 266 g/mol. The molecule has 0 N–H and O–H groups in total. The van der Waals surface area contributed by atoms with E-state index < -0.39 is 21.8 Å². The van der Waals surface area contributed by atoms with E-state index >= 15 is 0 Å². The van der Waals surface area contributed by atoms with Gasteiger partial charge in [-0.3, -0.25) is 0 Å². The Hall–Kier alpha value is -1.81. The Morgan fingerprint density at radius 3 is 2.11 bits per heavy atom. The summed E-state index contributed by atoms with van der Waals surface area (Å²) >= 11 is 0. The summed E-state index contributed by atoms with van der Waals surface area (Å²) in [5, 5.41) is -1.25. The molecule has 2 aromatic carbocycles. The summed E-state index contributed by atoms with van der Waals surface area (Å²) in [5.41, 5.74) is 1.05. The second kappa shape index (κ2) is 5.89. The molecule has 19 heavy (non-hydrogen) atoms. The van der Waals surface area contributed by atoms with Gasteiger partial charge in [0, 0.05) is 10.5 Å². The van der Waals surface area contributed by atoms with Crippen LogP contribution in [0.15, 0.2) is 64.7 Å². The largest absolute Gasteiger partial charge is 0.247 e. The molecule has 1 nitrogen and oxygen atoms in total. The van der Waals surface area contributed by atoms with Gasteiger partial charge in [0.25, 0.3) is 0 Å². The normalized spacial score (nSPS) is 13.8. The van der Waals surface area contributed by atoms with Crippen LogP contribution in [0.4, 0.5) is 8.78 Å². The Kier molecular flexibility index (Phi) is 4.22. The molecule has 2 aromatic rings. The Morgan fingerprint density at radius 2 is 1.53 bits per heavy atom. The van der Waals surface area contributed by atoms with Crippen LogP contribution in [0, 0.1) is 6.92 Å². The zero-order valence-electron chi connectivity index (χ0n) is 10.3. The molecule has 0 aromatic heterocycles. The van der Waals surface area contributed by atoms with Gasteiger partial charge < -0.3 is 0 Å². The Bertz CT molecular complexity index is 618. The summed E-state index contributed by atoms with van der Waals surface area (Å²) < 4.78 is 39.6. The van der Waals surface area contributed by atoms with Crippen LogP contribution in [0.25, 0.3) is 5.83 Å². The summed E-state index contributed by atoms with van der Waals surface area (Å²) in [7, 11) is -2.13. The van der Waals surface area contributed by atoms with Crippen molar-refractivity contribution >= 4 is 16.6 Å². The van der Waals surface area contributed by atoms with Crippen LogP contribution in [0.2, 0.25) is 0 Å². The third-order valence-electron chi connectivity index (χ3n) is 2.60. The number of hydrogen-bond acceptors (Lipinski definition) is 1. The zero-order valence-corrected chi connectivity index (χ0v) is 11.1. The van der Waals surface area contributed by atoms with Crippen LogP contribution in [-0.2, 0) is 10.8 Å². The van der Waals surface area contributed by atoms with E-state index in [4.69, 9.17) is 0 Å². The number of halogens is 2. The van der Waals surface area contributed by atoms with Crippen molar-refractivity contribution in [2.75, 3.05) is 0 Å². The third kappa shape index (κ3) is 3.15. The van der Waals surface area contributed by atoms with Crippen molar-refractivity contribution < 1.29 is 13.0 Å². The number of hydrogen-bond donors (Lipinski definition) is 0. The Labute approximate surface area is 113 Å². The van der Waals surface area contributed by atoms with E-state index in [1.807, 2.05) is 6.92 Å². The van der Waals surface area contributed by atoms with Gasteiger partial charge in [0.1, 0.15) is 10.8 Å². The molecule has 0 heterocycles. The van der Waals surface area contributed by atoms with Crippen molar-refractivity contribution in [2.45, 2.75) is 11.8 Å². The lowest BCUT2D eigenvalue weighted by Gasteiger charge is -2.03. The van der Waals surface area contributed by atoms with E-state index in [0.717, 1.165) is 5.56 Å². The molecule has 0 amide bonds. The average Bonchev–Trinajstić information content (AvgIpc) is 2.46. The average molecular weight is 278 g/mol. The molecule has 0 radical (unpaired) electrons. The van der Waals surface area contributed by atoms with Crippen LogP contribution < -0.4 is 0 Å². The van der Waals surface area contributed by atoms with Gasteiger partial charge in [-0.2, -0.15) is 4.39 Å². The smallest absolute Gasteiger partial charge is 0.227 e. The first-order chi connectivity index (χ1) is 9.09. The summed E-state index contributed by atoms with van der Waals surface area (Å²) in [5.74, 6) is -1.08. The molecule has 1 unspecified atom stereocenters. The number of rotatable bonds is 3. The maximum absolute atomic E-state index is 13.9. The molecule has 0 saturated carbocycles. The molecule has 98 valence electrons. The van der Waals surface area contributed by atoms with Gasteiger partial charge in [-0.1, -0.05) is 48.0 Å². The lowest BCUT2D eigenvalue weighted by atomic mass is 10.2. The molecule has 0 aliphatic heterocycles. The minimum absolute atomic E-state index is 0.0838. The molecule has 1 atom stereocenters. The van der Waals surface area contributed by atoms with Crippen LogP contribution in [-0.4, -0.2) is 4.21 Å². The molecule has 0 fully saturated rings. The number of aryl methyl sites for hydroxylation is 1. The van der Waals surface area contributed by atoms with Gasteiger partial charge in [-0.25, -0.2) is 8.60 Å². The number of benzene rings is 2. The second-order valence-corrected chi connectivity index (χ2v) is 5.40. The van der Waals surface area contributed by atoms with Gasteiger partial charge in [-0.15, -0.1) is 0 Å². The van der Waals surface area contributed by atoms with Crippen LogP contribution in [0.5, 0.6) is 0 Å². The van der Waals surface area contributed by atoms with Gasteiger partial charge in [0.05, 0.1) is 0 Å². The topological polar surface area (TPSA) is 17.1 Å². The van der Waals surface area contributed by atoms with Crippen molar-refractivity contribution in [1.82, 2.24) is 0 Å². The van der Waals surface area contributed by atoms with Crippen molar-refractivity contribution in [3.8, 4) is 0 Å². The lowest BCUT2D eigenvalue weighted by Crippen LogP contribution is -1.94. The van der Waals surface area contributed by atoms with Crippen LogP contribution in [0.3, 0.4) is 0 Å². The molecule has 0 saturated heterocycles. The molecule has 0 spiro atoms. The summed E-state index contributed by atoms with van der Waals surface area (Å²) in [6.07, 6.45) is 0. The second-order valence-electron chi connectivity index (χ2n) is 4.04. The van der Waals surface area contributed by atoms with Crippen molar-refractivity contribution in [1.29, 1.82) is 0 Å². The van der Waals surface area contributed by atoms with E-state index in [1.54, 1.807) is 30.3 Å². The highest BCUT2D eigenvalue weighted by Gasteiger charge is 2.17. The minimum Gasteiger partial charge on any atom is -0.247 e. The molecule has 0 aliphatic carbocycles. The summed E-state index contributed by atoms with van der Waals surface area (Å²) in [6.45, 7) is 1.86. The monoisotopic (exact) mass is 278 g/mol. The molecule has 0 aliphatic rings. The fourth-order valence-corrected chi connectivity index (χ4v) is 2.42. The van der Waals surface area contributed by atoms with E-state index in [-0.39, 0.29) is 10.5 Å². The fraction of sp³-hybridized carbons (Fsp3) is 0.0667. The lowest BCUT2D eigenvalue weighted by molar-refractivity contribution is 0.628. The van der Waals surface area contributed by atoms with Gasteiger partial charge in [-0.05, 0) is 19.1 Å². The SMILES string of the molecule is Cc1ccc(S(=O)/C(F)=C(\F)c2ccccc2)cc1. The van der Waals surface area contributed by atoms with E-state index in [9.17, 15) is 13.0 Å². The first-order valence-electron chi connectivity index (χ1n) is 5.68. The van der Waals surface area contributed by atoms with Crippen LogP contribution in [0.1, 0.15) is 11.1 Å². The van der Waals surface area contributed by atoms with Crippen LogP contribution >= 0.6 is 0 Å². The highest BCUT2D eigenvalue weighted by Crippen LogP contribution is 2.26. The third-order valence-corrected chi connectivity index (χ3v) is 3.80. The molecular formula is C15H12F2OS. The van der Waals surface area contributed by atoms with Crippen molar-refractivity contribution in [3.63, 3.8) is 0 Å². The minimum atomic E-state index is -2.13. The van der Waals surface area contributed by atoms with E-state index in [2.05, 4.69) is 0 Å². The quantitative estimate of drug-likeness (QED) is 0.815. The summed E-state index contributed by atoms with van der Waals surface area (Å²) in [6, 6.07) is 14.2. The van der Waals surface area contributed by atoms with Gasteiger partial charge in [0.2, 0.25) is 5.16 Å². The highest BCUT2D eigenvalue weighted by atomic mass is 32.2. The zero-order chi connectivity index (χ0) is 13.8. The van der Waals surface area contributed by atoms with E-state index in [1.165, 1.54) is 24.3 Å². The summed E-state index contributed by atoms with van der Waals surface area (Å²) in [4.78, 5) is 0.245. The first kappa shape index (κ1) is 13.6. The van der Waals surface area contributed by atoms with Crippen molar-refractivity contribution in [2.24, 2.45) is 0 Å². The molecule has 4 heteroatoms. The predicted molar refractivity (Wildman–Crippen MR) is 73.2 cm³/mol. The van der Waals surface area contributed by atoms with Gasteiger partial charge >= 0.3 is 0 Å². The predicted octanol–water partition coefficient (Wildman–Crippen LogP) is 4.37. The molecule has 2 rings (SSSR count). The van der Waals surface area contributed by atoms with Crippen molar-refractivity contribution in [3.05, 3.63) is 70.9 Å². The fourth-order valence-electron chi connectivity index (χ4n) is 1.54. The van der Waals surface area contributed by atoms with E-state index in [0.29, 0.717) is 0 Å². The Morgan fingerprint density at radius 1 is 0.947 bits per heavy atom. The first-order valence-corrected chi connectivity index (χ1v) is 6.83. The molecule has 0 bridgehead atoms. The Balaban J connectivity index is 2.35.